The van der Waals surface area contributed by atoms with Crippen molar-refractivity contribution in [1.29, 1.82) is 0 Å². The van der Waals surface area contributed by atoms with Gasteiger partial charge in [-0.25, -0.2) is 4.98 Å². The van der Waals surface area contributed by atoms with Crippen LogP contribution in [0, 0.1) is 0 Å². The molecule has 96 valence electrons. The molecule has 0 aliphatic heterocycles. The maximum atomic E-state index is 5.88. The van der Waals surface area contributed by atoms with Gasteiger partial charge in [-0.05, 0) is 34.6 Å². The molecule has 2 heterocycles. The molecule has 2 N–H and O–H groups in total. The minimum Gasteiger partial charge on any atom is -0.329 e. The van der Waals surface area contributed by atoms with Gasteiger partial charge in [0, 0.05) is 41.4 Å². The molecule has 0 radical (unpaired) electrons. The van der Waals surface area contributed by atoms with Gasteiger partial charge in [-0.15, -0.1) is 11.3 Å². The van der Waals surface area contributed by atoms with Gasteiger partial charge in [0.1, 0.15) is 0 Å². The Morgan fingerprint density at radius 3 is 2.94 bits per heavy atom. The van der Waals surface area contributed by atoms with Gasteiger partial charge in [0.25, 0.3) is 0 Å². The third kappa shape index (κ3) is 3.35. The molecule has 18 heavy (non-hydrogen) atoms. The second-order valence-electron chi connectivity index (χ2n) is 4.08. The van der Waals surface area contributed by atoms with Gasteiger partial charge in [0.2, 0.25) is 0 Å². The molecule has 0 saturated heterocycles. The predicted octanol–water partition coefficient (Wildman–Crippen LogP) is 2.43. The summed E-state index contributed by atoms with van der Waals surface area (Å²) in [6, 6.07) is 2.21. The quantitative estimate of drug-likeness (QED) is 0.916. The molecule has 4 nitrogen and oxygen atoms in total. The van der Waals surface area contributed by atoms with Crippen molar-refractivity contribution in [3.05, 3.63) is 45.1 Å². The van der Waals surface area contributed by atoms with E-state index in [4.69, 9.17) is 5.73 Å². The normalized spacial score (nSPS) is 12.9. The number of hydrogen-bond acceptors (Lipinski definition) is 5. The lowest BCUT2D eigenvalue weighted by atomic mass is 10.1. The van der Waals surface area contributed by atoms with Crippen molar-refractivity contribution >= 4 is 27.3 Å². The van der Waals surface area contributed by atoms with Crippen LogP contribution >= 0.6 is 27.3 Å². The molecule has 2 aromatic heterocycles. The number of aromatic nitrogens is 2. The average molecular weight is 327 g/mol. The van der Waals surface area contributed by atoms with Crippen molar-refractivity contribution < 1.29 is 0 Å². The van der Waals surface area contributed by atoms with Crippen LogP contribution in [0.25, 0.3) is 0 Å². The zero-order chi connectivity index (χ0) is 13.0. The van der Waals surface area contributed by atoms with Crippen LogP contribution in [-0.4, -0.2) is 28.5 Å². The van der Waals surface area contributed by atoms with Crippen molar-refractivity contribution in [3.8, 4) is 0 Å². The van der Waals surface area contributed by atoms with Crippen LogP contribution in [-0.2, 0) is 6.54 Å². The Kier molecular flexibility index (Phi) is 4.82. The number of rotatable bonds is 5. The van der Waals surface area contributed by atoms with Crippen LogP contribution in [0.1, 0.15) is 17.3 Å². The molecule has 0 aromatic carbocycles. The minimum absolute atomic E-state index is 0.150. The highest BCUT2D eigenvalue weighted by Crippen LogP contribution is 2.22. The fourth-order valence-corrected chi connectivity index (χ4v) is 2.79. The Balaban J connectivity index is 2.12. The molecule has 0 aliphatic rings. The number of nitrogens with two attached hydrogens (primary N) is 1. The molecule has 2 rings (SSSR count). The highest BCUT2D eigenvalue weighted by atomic mass is 79.9. The highest BCUT2D eigenvalue weighted by molar-refractivity contribution is 9.10. The number of hydrogen-bond donors (Lipinski definition) is 1. The molecule has 0 saturated carbocycles. The Labute approximate surface area is 119 Å². The van der Waals surface area contributed by atoms with Gasteiger partial charge < -0.3 is 5.73 Å². The van der Waals surface area contributed by atoms with E-state index in [1.807, 2.05) is 11.7 Å². The maximum Gasteiger partial charge on any atom is 0.0795 e. The summed E-state index contributed by atoms with van der Waals surface area (Å²) >= 11 is 5.05. The lowest BCUT2D eigenvalue weighted by Crippen LogP contribution is -2.30. The van der Waals surface area contributed by atoms with E-state index in [-0.39, 0.29) is 6.04 Å². The molecule has 0 fully saturated rings. The molecule has 0 spiro atoms. The summed E-state index contributed by atoms with van der Waals surface area (Å²) in [5.41, 5.74) is 9.92. The van der Waals surface area contributed by atoms with Crippen molar-refractivity contribution in [2.45, 2.75) is 12.6 Å². The second kappa shape index (κ2) is 6.38. The molecular formula is C12H15BrN4S. The summed E-state index contributed by atoms with van der Waals surface area (Å²) in [5, 5.41) is 2.06. The first-order valence-electron chi connectivity index (χ1n) is 5.58. The van der Waals surface area contributed by atoms with Gasteiger partial charge in [0.05, 0.1) is 11.2 Å². The number of thiazole rings is 1. The topological polar surface area (TPSA) is 55.0 Å². The van der Waals surface area contributed by atoms with Crippen LogP contribution in [0.15, 0.2) is 33.8 Å². The summed E-state index contributed by atoms with van der Waals surface area (Å²) in [7, 11) is 2.05. The van der Waals surface area contributed by atoms with E-state index in [0.29, 0.717) is 6.54 Å². The van der Waals surface area contributed by atoms with Crippen LogP contribution in [0.4, 0.5) is 0 Å². The number of pyridine rings is 1. The number of halogens is 1. The number of nitrogens with zero attached hydrogens (tertiary/aromatic N) is 3. The first-order valence-corrected chi connectivity index (χ1v) is 7.32. The standard InChI is InChI=1S/C12H15BrN4S/c1-17(6-11-7-18-8-16-11)12(3-14)9-2-10(13)5-15-4-9/h2,4-5,7-8,12H,3,6,14H2,1H3. The molecule has 1 atom stereocenters. The first-order chi connectivity index (χ1) is 8.70. The Hall–Kier alpha value is -0.820. The van der Waals surface area contributed by atoms with Crippen molar-refractivity contribution in [2.75, 3.05) is 13.6 Å². The molecular weight excluding hydrogens is 312 g/mol. The third-order valence-electron chi connectivity index (χ3n) is 2.76. The monoisotopic (exact) mass is 326 g/mol. The van der Waals surface area contributed by atoms with E-state index in [1.165, 1.54) is 0 Å². The van der Waals surface area contributed by atoms with Gasteiger partial charge in [-0.1, -0.05) is 0 Å². The number of likely N-dealkylation sites (N-methyl/N-ethyl adjacent to an activating group) is 1. The van der Waals surface area contributed by atoms with E-state index in [1.54, 1.807) is 17.5 Å². The Morgan fingerprint density at radius 1 is 1.50 bits per heavy atom. The average Bonchev–Trinajstić information content (AvgIpc) is 2.83. The largest absolute Gasteiger partial charge is 0.329 e. The van der Waals surface area contributed by atoms with Gasteiger partial charge >= 0.3 is 0 Å². The Morgan fingerprint density at radius 2 is 2.33 bits per heavy atom. The van der Waals surface area contributed by atoms with E-state index >= 15 is 0 Å². The lowest BCUT2D eigenvalue weighted by molar-refractivity contribution is 0.239. The zero-order valence-electron chi connectivity index (χ0n) is 10.1. The zero-order valence-corrected chi connectivity index (χ0v) is 12.5. The summed E-state index contributed by atoms with van der Waals surface area (Å²) in [6.45, 7) is 1.34. The second-order valence-corrected chi connectivity index (χ2v) is 5.72. The van der Waals surface area contributed by atoms with Gasteiger partial charge in [-0.3, -0.25) is 9.88 Å². The summed E-state index contributed by atoms with van der Waals surface area (Å²) < 4.78 is 0.973. The van der Waals surface area contributed by atoms with E-state index in [2.05, 4.69) is 49.3 Å². The molecule has 1 unspecified atom stereocenters. The molecule has 0 amide bonds. The van der Waals surface area contributed by atoms with Crippen molar-refractivity contribution in [1.82, 2.24) is 14.9 Å². The van der Waals surface area contributed by atoms with Crippen LogP contribution in [0.2, 0.25) is 0 Å². The fraction of sp³-hybridized carbons (Fsp3) is 0.333. The Bertz CT molecular complexity index is 489. The van der Waals surface area contributed by atoms with Crippen molar-refractivity contribution in [2.24, 2.45) is 5.73 Å². The van der Waals surface area contributed by atoms with Crippen LogP contribution in [0.3, 0.4) is 0 Å². The smallest absolute Gasteiger partial charge is 0.0795 e. The first kappa shape index (κ1) is 13.6. The molecule has 2 aromatic rings. The van der Waals surface area contributed by atoms with E-state index < -0.39 is 0 Å². The van der Waals surface area contributed by atoms with E-state index in [9.17, 15) is 0 Å². The lowest BCUT2D eigenvalue weighted by Gasteiger charge is -2.26. The summed E-state index contributed by atoms with van der Waals surface area (Å²) in [5.74, 6) is 0. The third-order valence-corrected chi connectivity index (χ3v) is 3.83. The molecule has 6 heteroatoms. The summed E-state index contributed by atoms with van der Waals surface area (Å²) in [6.07, 6.45) is 3.64. The molecule has 0 aliphatic carbocycles. The minimum atomic E-state index is 0.150. The van der Waals surface area contributed by atoms with Gasteiger partial charge in [-0.2, -0.15) is 0 Å². The maximum absolute atomic E-state index is 5.88. The SMILES string of the molecule is CN(Cc1cscn1)C(CN)c1cncc(Br)c1. The fourth-order valence-electron chi connectivity index (χ4n) is 1.86. The molecule has 0 bridgehead atoms. The van der Waals surface area contributed by atoms with Crippen LogP contribution in [0.5, 0.6) is 0 Å². The van der Waals surface area contributed by atoms with Crippen molar-refractivity contribution in [3.63, 3.8) is 0 Å². The highest BCUT2D eigenvalue weighted by Gasteiger charge is 2.16. The van der Waals surface area contributed by atoms with E-state index in [0.717, 1.165) is 22.3 Å². The summed E-state index contributed by atoms with van der Waals surface area (Å²) in [4.78, 5) is 10.7. The van der Waals surface area contributed by atoms with Crippen LogP contribution < -0.4 is 5.73 Å². The predicted molar refractivity (Wildman–Crippen MR) is 77.3 cm³/mol. The van der Waals surface area contributed by atoms with Gasteiger partial charge in [0.15, 0.2) is 0 Å².